The number of rotatable bonds is 5. The molecule has 0 radical (unpaired) electrons. The van der Waals surface area contributed by atoms with E-state index >= 15 is 0 Å². The SMILES string of the molecule is CC(=O)c1ccccc1NC(=O)COC(=O)c1ccco1. The average Bonchev–Trinajstić information content (AvgIpc) is 2.99. The van der Waals surface area contributed by atoms with E-state index in [9.17, 15) is 14.4 Å². The molecule has 0 saturated carbocycles. The third kappa shape index (κ3) is 3.79. The van der Waals surface area contributed by atoms with E-state index < -0.39 is 18.5 Å². The van der Waals surface area contributed by atoms with Crippen LogP contribution in [0.25, 0.3) is 0 Å². The smallest absolute Gasteiger partial charge is 0.374 e. The number of anilines is 1. The normalized spacial score (nSPS) is 9.95. The van der Waals surface area contributed by atoms with Crippen LogP contribution in [0.4, 0.5) is 5.69 Å². The van der Waals surface area contributed by atoms with Crippen LogP contribution >= 0.6 is 0 Å². The van der Waals surface area contributed by atoms with Crippen LogP contribution in [0, 0.1) is 0 Å². The van der Waals surface area contributed by atoms with E-state index in [0.717, 1.165) is 0 Å². The number of carbonyl (C=O) groups excluding carboxylic acids is 3. The molecule has 1 aromatic heterocycles. The summed E-state index contributed by atoms with van der Waals surface area (Å²) in [5.74, 6) is -1.41. The lowest BCUT2D eigenvalue weighted by molar-refractivity contribution is -0.119. The number of para-hydroxylation sites is 1. The predicted octanol–water partition coefficient (Wildman–Crippen LogP) is 2.28. The maximum atomic E-state index is 11.7. The van der Waals surface area contributed by atoms with Gasteiger partial charge in [0, 0.05) is 5.56 Å². The van der Waals surface area contributed by atoms with Crippen LogP contribution in [-0.2, 0) is 9.53 Å². The molecule has 0 saturated heterocycles. The summed E-state index contributed by atoms with van der Waals surface area (Å²) in [7, 11) is 0. The number of hydrogen-bond donors (Lipinski definition) is 1. The number of esters is 1. The molecule has 2 aromatic rings. The average molecular weight is 287 g/mol. The van der Waals surface area contributed by atoms with Crippen molar-refractivity contribution in [1.29, 1.82) is 0 Å². The second kappa shape index (κ2) is 6.51. The first kappa shape index (κ1) is 14.5. The number of Topliss-reactive ketones (excluding diaryl/α,β-unsaturated/α-hetero) is 1. The van der Waals surface area contributed by atoms with Gasteiger partial charge in [0.25, 0.3) is 5.91 Å². The van der Waals surface area contributed by atoms with E-state index in [4.69, 9.17) is 9.15 Å². The van der Waals surface area contributed by atoms with Gasteiger partial charge in [0.1, 0.15) is 0 Å². The minimum atomic E-state index is -0.727. The quantitative estimate of drug-likeness (QED) is 0.673. The molecular formula is C15H13NO5. The second-order valence-electron chi connectivity index (χ2n) is 4.20. The lowest BCUT2D eigenvalue weighted by Gasteiger charge is -2.09. The summed E-state index contributed by atoms with van der Waals surface area (Å²) in [6.45, 7) is 0.938. The molecule has 0 atom stereocenters. The molecule has 0 fully saturated rings. The van der Waals surface area contributed by atoms with Gasteiger partial charge in [-0.2, -0.15) is 0 Å². The molecule has 0 spiro atoms. The molecule has 1 heterocycles. The van der Waals surface area contributed by atoms with E-state index in [2.05, 4.69) is 5.32 Å². The molecule has 6 nitrogen and oxygen atoms in total. The summed E-state index contributed by atoms with van der Waals surface area (Å²) in [5.41, 5.74) is 0.771. The summed E-state index contributed by atoms with van der Waals surface area (Å²) >= 11 is 0. The highest BCUT2D eigenvalue weighted by Crippen LogP contribution is 2.15. The monoisotopic (exact) mass is 287 g/mol. The zero-order valence-electron chi connectivity index (χ0n) is 11.3. The molecule has 0 aliphatic heterocycles. The Hall–Kier alpha value is -2.89. The van der Waals surface area contributed by atoms with Crippen LogP contribution in [0.1, 0.15) is 27.8 Å². The Morgan fingerprint density at radius 3 is 2.57 bits per heavy atom. The van der Waals surface area contributed by atoms with Gasteiger partial charge in [0.05, 0.1) is 12.0 Å². The summed E-state index contributed by atoms with van der Waals surface area (Å²) in [6.07, 6.45) is 1.33. The number of ketones is 1. The minimum Gasteiger partial charge on any atom is -0.457 e. The summed E-state index contributed by atoms with van der Waals surface area (Å²) in [6, 6.07) is 9.57. The van der Waals surface area contributed by atoms with Gasteiger partial charge in [-0.3, -0.25) is 9.59 Å². The van der Waals surface area contributed by atoms with Crippen molar-refractivity contribution in [3.05, 3.63) is 54.0 Å². The lowest BCUT2D eigenvalue weighted by Crippen LogP contribution is -2.21. The van der Waals surface area contributed by atoms with Crippen molar-refractivity contribution < 1.29 is 23.5 Å². The van der Waals surface area contributed by atoms with E-state index in [1.54, 1.807) is 30.3 Å². The topological polar surface area (TPSA) is 85.6 Å². The van der Waals surface area contributed by atoms with Crippen LogP contribution in [0.2, 0.25) is 0 Å². The third-order valence-electron chi connectivity index (χ3n) is 2.64. The van der Waals surface area contributed by atoms with Gasteiger partial charge in [0.15, 0.2) is 12.4 Å². The molecule has 0 unspecified atom stereocenters. The Labute approximate surface area is 120 Å². The highest BCUT2D eigenvalue weighted by molar-refractivity contribution is 6.04. The second-order valence-corrected chi connectivity index (χ2v) is 4.20. The van der Waals surface area contributed by atoms with Gasteiger partial charge in [-0.05, 0) is 31.2 Å². The first-order valence-corrected chi connectivity index (χ1v) is 6.18. The summed E-state index contributed by atoms with van der Waals surface area (Å²) in [5, 5.41) is 2.52. The number of hydrogen-bond acceptors (Lipinski definition) is 5. The molecule has 0 bridgehead atoms. The van der Waals surface area contributed by atoms with Crippen LogP contribution in [0.5, 0.6) is 0 Å². The summed E-state index contributed by atoms with van der Waals surface area (Å²) < 4.78 is 9.64. The van der Waals surface area contributed by atoms with Crippen molar-refractivity contribution >= 4 is 23.3 Å². The molecule has 0 aliphatic carbocycles. The molecular weight excluding hydrogens is 274 g/mol. The highest BCUT2D eigenvalue weighted by Gasteiger charge is 2.14. The lowest BCUT2D eigenvalue weighted by atomic mass is 10.1. The zero-order chi connectivity index (χ0) is 15.2. The molecule has 0 aliphatic rings. The third-order valence-corrected chi connectivity index (χ3v) is 2.64. The number of ether oxygens (including phenoxy) is 1. The van der Waals surface area contributed by atoms with E-state index in [1.165, 1.54) is 19.3 Å². The maximum absolute atomic E-state index is 11.7. The Bertz CT molecular complexity index is 660. The zero-order valence-corrected chi connectivity index (χ0v) is 11.3. The van der Waals surface area contributed by atoms with Crippen molar-refractivity contribution in [2.45, 2.75) is 6.92 Å². The van der Waals surface area contributed by atoms with Crippen LogP contribution < -0.4 is 5.32 Å². The number of amides is 1. The van der Waals surface area contributed by atoms with Crippen molar-refractivity contribution in [3.63, 3.8) is 0 Å². The van der Waals surface area contributed by atoms with Crippen molar-refractivity contribution in [1.82, 2.24) is 0 Å². The van der Waals surface area contributed by atoms with Crippen molar-refractivity contribution in [3.8, 4) is 0 Å². The van der Waals surface area contributed by atoms with Gasteiger partial charge in [-0.15, -0.1) is 0 Å². The van der Waals surface area contributed by atoms with Gasteiger partial charge in [-0.1, -0.05) is 12.1 Å². The number of benzene rings is 1. The fourth-order valence-corrected chi connectivity index (χ4v) is 1.68. The number of furan rings is 1. The molecule has 21 heavy (non-hydrogen) atoms. The Morgan fingerprint density at radius 2 is 1.90 bits per heavy atom. The van der Waals surface area contributed by atoms with Crippen molar-refractivity contribution in [2.75, 3.05) is 11.9 Å². The van der Waals surface area contributed by atoms with Crippen LogP contribution in [0.15, 0.2) is 47.1 Å². The molecule has 1 amide bonds. The van der Waals surface area contributed by atoms with E-state index in [1.807, 2.05) is 0 Å². The van der Waals surface area contributed by atoms with E-state index in [0.29, 0.717) is 11.3 Å². The fraction of sp³-hybridized carbons (Fsp3) is 0.133. The Balaban J connectivity index is 1.93. The molecule has 108 valence electrons. The Morgan fingerprint density at radius 1 is 1.14 bits per heavy atom. The highest BCUT2D eigenvalue weighted by atomic mass is 16.5. The van der Waals surface area contributed by atoms with E-state index in [-0.39, 0.29) is 11.5 Å². The standard InChI is InChI=1S/C15H13NO5/c1-10(17)11-5-2-3-6-12(11)16-14(18)9-21-15(19)13-7-4-8-20-13/h2-8H,9H2,1H3,(H,16,18). The van der Waals surface area contributed by atoms with Gasteiger partial charge in [0.2, 0.25) is 5.76 Å². The molecule has 6 heteroatoms. The Kier molecular flexibility index (Phi) is 4.50. The maximum Gasteiger partial charge on any atom is 0.374 e. The number of nitrogens with one attached hydrogen (secondary N) is 1. The minimum absolute atomic E-state index is 0.0203. The van der Waals surface area contributed by atoms with Gasteiger partial charge in [-0.25, -0.2) is 4.79 Å². The van der Waals surface area contributed by atoms with Crippen molar-refractivity contribution in [2.24, 2.45) is 0 Å². The number of carbonyl (C=O) groups is 3. The largest absolute Gasteiger partial charge is 0.457 e. The van der Waals surface area contributed by atoms with Gasteiger partial charge < -0.3 is 14.5 Å². The predicted molar refractivity (Wildman–Crippen MR) is 74.1 cm³/mol. The molecule has 1 N–H and O–H groups in total. The summed E-state index contributed by atoms with van der Waals surface area (Å²) in [4.78, 5) is 34.6. The fourth-order valence-electron chi connectivity index (χ4n) is 1.68. The molecule has 1 aromatic carbocycles. The molecule has 2 rings (SSSR count). The van der Waals surface area contributed by atoms with Crippen LogP contribution in [0.3, 0.4) is 0 Å². The van der Waals surface area contributed by atoms with Gasteiger partial charge >= 0.3 is 5.97 Å². The van der Waals surface area contributed by atoms with Crippen LogP contribution in [-0.4, -0.2) is 24.3 Å². The first-order chi connectivity index (χ1) is 10.1. The first-order valence-electron chi connectivity index (χ1n) is 6.18.